The summed E-state index contributed by atoms with van der Waals surface area (Å²) in [6.07, 6.45) is -4.83. The number of rotatable bonds is 8. The van der Waals surface area contributed by atoms with E-state index in [1.165, 1.54) is 12.1 Å². The maximum absolute atomic E-state index is 13.3. The fourth-order valence-electron chi connectivity index (χ4n) is 3.24. The van der Waals surface area contributed by atoms with E-state index in [1.54, 1.807) is 24.3 Å². The summed E-state index contributed by atoms with van der Waals surface area (Å²) < 4.78 is 65.7. The number of nitrogens with zero attached hydrogens (tertiary/aromatic N) is 3. The molecule has 1 aromatic heterocycles. The fraction of sp³-hybridized carbons (Fsp3) is 0.261. The van der Waals surface area contributed by atoms with Gasteiger partial charge in [-0.3, -0.25) is 0 Å². The molecule has 9 nitrogen and oxygen atoms in total. The van der Waals surface area contributed by atoms with Crippen molar-refractivity contribution in [3.05, 3.63) is 65.9 Å². The summed E-state index contributed by atoms with van der Waals surface area (Å²) in [4.78, 5) is 21.3. The Kier molecular flexibility index (Phi) is 8.15. The van der Waals surface area contributed by atoms with Crippen LogP contribution >= 0.6 is 0 Å². The zero-order valence-corrected chi connectivity index (χ0v) is 20.3. The van der Waals surface area contributed by atoms with Crippen molar-refractivity contribution in [1.82, 2.24) is 20.2 Å². The average Bonchev–Trinajstić information content (AvgIpc) is 2.78. The van der Waals surface area contributed by atoms with Gasteiger partial charge in [0.15, 0.2) is 15.7 Å². The Morgan fingerprint density at radius 1 is 1.06 bits per heavy atom. The van der Waals surface area contributed by atoms with E-state index in [2.05, 4.69) is 20.6 Å². The molecule has 0 aliphatic heterocycles. The fourth-order valence-corrected chi connectivity index (χ4v) is 4.73. The Morgan fingerprint density at radius 2 is 1.72 bits per heavy atom. The van der Waals surface area contributed by atoms with Crippen LogP contribution in [0.4, 0.5) is 29.5 Å². The molecule has 0 spiro atoms. The number of amides is 2. The molecule has 0 saturated heterocycles. The van der Waals surface area contributed by atoms with Gasteiger partial charge in [-0.2, -0.15) is 13.2 Å². The third-order valence-corrected chi connectivity index (χ3v) is 6.61. The molecular weight excluding hydrogens is 497 g/mol. The Morgan fingerprint density at radius 3 is 2.36 bits per heavy atom. The van der Waals surface area contributed by atoms with E-state index in [9.17, 15) is 26.4 Å². The number of carbonyl (C=O) groups is 1. The molecule has 36 heavy (non-hydrogen) atoms. The molecule has 3 aromatic rings. The van der Waals surface area contributed by atoms with Crippen molar-refractivity contribution < 1.29 is 26.4 Å². The maximum Gasteiger partial charge on any atom is 0.417 e. The van der Waals surface area contributed by atoms with Crippen molar-refractivity contribution in [3.63, 3.8) is 0 Å². The summed E-state index contributed by atoms with van der Waals surface area (Å²) in [5.41, 5.74) is 5.48. The first-order valence-electron chi connectivity index (χ1n) is 10.7. The van der Waals surface area contributed by atoms with Crippen LogP contribution in [0.2, 0.25) is 0 Å². The molecule has 2 aromatic carbocycles. The molecule has 0 aliphatic carbocycles. The number of nitrogens with one attached hydrogen (secondary N) is 2. The van der Waals surface area contributed by atoms with Crippen LogP contribution in [0, 0.1) is 0 Å². The SMILES string of the molecule is CN(C)CCNC(=O)Nc1ccc(-c2nc(N)cc(CS(=O)(=O)c3ccccc3C(F)(F)F)n2)cc1. The first kappa shape index (κ1) is 26.9. The van der Waals surface area contributed by atoms with Crippen molar-refractivity contribution in [2.45, 2.75) is 16.8 Å². The number of benzene rings is 2. The van der Waals surface area contributed by atoms with E-state index in [0.29, 0.717) is 30.4 Å². The second-order valence-electron chi connectivity index (χ2n) is 8.12. The number of aromatic nitrogens is 2. The van der Waals surface area contributed by atoms with Gasteiger partial charge in [-0.15, -0.1) is 0 Å². The molecular formula is C23H25F3N6O3S. The smallest absolute Gasteiger partial charge is 0.384 e. The summed E-state index contributed by atoms with van der Waals surface area (Å²) in [5.74, 6) is -0.755. The number of halogens is 3. The zero-order chi connectivity index (χ0) is 26.5. The minimum atomic E-state index is -4.83. The van der Waals surface area contributed by atoms with E-state index < -0.39 is 32.2 Å². The molecule has 4 N–H and O–H groups in total. The molecule has 0 saturated carbocycles. The van der Waals surface area contributed by atoms with E-state index in [4.69, 9.17) is 5.73 Å². The minimum Gasteiger partial charge on any atom is -0.384 e. The molecule has 3 rings (SSSR count). The van der Waals surface area contributed by atoms with Crippen LogP contribution in [0.3, 0.4) is 0 Å². The van der Waals surface area contributed by atoms with Crippen molar-refractivity contribution >= 4 is 27.4 Å². The van der Waals surface area contributed by atoms with Crippen LogP contribution in [0.5, 0.6) is 0 Å². The standard InChI is InChI=1S/C23H25F3N6O3S/c1-32(2)12-11-28-22(33)30-16-9-7-15(8-10-16)21-29-17(13-20(27)31-21)14-36(34,35)19-6-4-3-5-18(19)23(24,25)26/h3-10,13H,11-12,14H2,1-2H3,(H2,27,29,31)(H2,28,30,33). The predicted octanol–water partition coefficient (Wildman–Crippen LogP) is 3.40. The molecule has 0 unspecified atom stereocenters. The maximum atomic E-state index is 13.3. The van der Waals surface area contributed by atoms with Gasteiger partial charge >= 0.3 is 12.2 Å². The first-order valence-corrected chi connectivity index (χ1v) is 12.3. The highest BCUT2D eigenvalue weighted by Crippen LogP contribution is 2.35. The highest BCUT2D eigenvalue weighted by atomic mass is 32.2. The lowest BCUT2D eigenvalue weighted by Gasteiger charge is -2.13. The quantitative estimate of drug-likeness (QED) is 0.413. The topological polar surface area (TPSA) is 130 Å². The van der Waals surface area contributed by atoms with Crippen LogP contribution < -0.4 is 16.4 Å². The van der Waals surface area contributed by atoms with Gasteiger partial charge < -0.3 is 21.3 Å². The Bertz CT molecular complexity index is 1330. The summed E-state index contributed by atoms with van der Waals surface area (Å²) in [7, 11) is -0.624. The number of anilines is 2. The first-order chi connectivity index (χ1) is 16.8. The zero-order valence-electron chi connectivity index (χ0n) is 19.5. The van der Waals surface area contributed by atoms with Gasteiger partial charge in [-0.25, -0.2) is 23.2 Å². The highest BCUT2D eigenvalue weighted by molar-refractivity contribution is 7.90. The number of nitrogens with two attached hydrogens (primary N) is 1. The molecule has 0 aliphatic rings. The summed E-state index contributed by atoms with van der Waals surface area (Å²) >= 11 is 0. The van der Waals surface area contributed by atoms with Gasteiger partial charge in [0, 0.05) is 30.4 Å². The Labute approximate surface area is 206 Å². The van der Waals surface area contributed by atoms with Crippen LogP contribution in [-0.2, 0) is 21.8 Å². The molecule has 0 fully saturated rings. The van der Waals surface area contributed by atoms with E-state index in [0.717, 1.165) is 12.1 Å². The lowest BCUT2D eigenvalue weighted by Crippen LogP contribution is -2.34. The van der Waals surface area contributed by atoms with E-state index in [-0.39, 0.29) is 23.4 Å². The van der Waals surface area contributed by atoms with E-state index in [1.807, 2.05) is 19.0 Å². The number of likely N-dealkylation sites (N-methyl/N-ethyl adjacent to an activating group) is 1. The number of carbonyl (C=O) groups excluding carboxylic acids is 1. The molecule has 0 atom stereocenters. The number of sulfone groups is 1. The van der Waals surface area contributed by atoms with Crippen molar-refractivity contribution in [2.75, 3.05) is 38.2 Å². The molecule has 1 heterocycles. The normalized spacial score (nSPS) is 11.9. The molecule has 192 valence electrons. The third kappa shape index (κ3) is 7.15. The monoisotopic (exact) mass is 522 g/mol. The molecule has 0 bridgehead atoms. The second kappa shape index (κ2) is 10.9. The second-order valence-corrected chi connectivity index (χ2v) is 10.1. The summed E-state index contributed by atoms with van der Waals surface area (Å²) in [6, 6.07) is 11.2. The largest absolute Gasteiger partial charge is 0.417 e. The predicted molar refractivity (Wildman–Crippen MR) is 130 cm³/mol. The highest BCUT2D eigenvalue weighted by Gasteiger charge is 2.37. The minimum absolute atomic E-state index is 0.0447. The van der Waals surface area contributed by atoms with Crippen LogP contribution in [0.15, 0.2) is 59.5 Å². The molecule has 13 heteroatoms. The van der Waals surface area contributed by atoms with E-state index >= 15 is 0 Å². The van der Waals surface area contributed by atoms with Crippen LogP contribution in [0.25, 0.3) is 11.4 Å². The van der Waals surface area contributed by atoms with Gasteiger partial charge in [0.05, 0.1) is 21.9 Å². The van der Waals surface area contributed by atoms with Crippen LogP contribution in [0.1, 0.15) is 11.3 Å². The van der Waals surface area contributed by atoms with Crippen LogP contribution in [-0.4, -0.2) is 56.5 Å². The molecule has 2 amide bonds. The lowest BCUT2D eigenvalue weighted by atomic mass is 10.2. The molecule has 0 radical (unpaired) electrons. The summed E-state index contributed by atoms with van der Waals surface area (Å²) in [6.45, 7) is 1.14. The van der Waals surface area contributed by atoms with Gasteiger partial charge in [0.2, 0.25) is 0 Å². The number of nitrogen functional groups attached to an aromatic ring is 1. The Hall–Kier alpha value is -3.71. The number of alkyl halides is 3. The van der Waals surface area contributed by atoms with Crippen molar-refractivity contribution in [2.24, 2.45) is 0 Å². The number of hydrogen-bond donors (Lipinski definition) is 3. The van der Waals surface area contributed by atoms with Gasteiger partial charge in [-0.1, -0.05) is 12.1 Å². The average molecular weight is 523 g/mol. The Balaban J connectivity index is 1.79. The van der Waals surface area contributed by atoms with Gasteiger partial charge in [-0.05, 0) is 50.5 Å². The number of hydrogen-bond acceptors (Lipinski definition) is 7. The van der Waals surface area contributed by atoms with Crippen molar-refractivity contribution in [3.8, 4) is 11.4 Å². The lowest BCUT2D eigenvalue weighted by molar-refractivity contribution is -0.139. The third-order valence-electron chi connectivity index (χ3n) is 4.91. The number of urea groups is 1. The van der Waals surface area contributed by atoms with Crippen molar-refractivity contribution in [1.29, 1.82) is 0 Å². The van der Waals surface area contributed by atoms with Gasteiger partial charge in [0.1, 0.15) is 5.82 Å². The summed E-state index contributed by atoms with van der Waals surface area (Å²) in [5, 5.41) is 5.39. The van der Waals surface area contributed by atoms with Gasteiger partial charge in [0.25, 0.3) is 0 Å².